The number of rotatable bonds is 4. The van der Waals surface area contributed by atoms with Crippen LogP contribution in [0, 0.1) is 6.92 Å². The number of nitrogens with two attached hydrogens (primary N) is 1. The van der Waals surface area contributed by atoms with Crippen molar-refractivity contribution in [1.29, 1.82) is 0 Å². The van der Waals surface area contributed by atoms with Crippen LogP contribution in [0.3, 0.4) is 0 Å². The average Bonchev–Trinajstić information content (AvgIpc) is 2.86. The summed E-state index contributed by atoms with van der Waals surface area (Å²) in [5.74, 6) is 0. The minimum absolute atomic E-state index is 0.239. The van der Waals surface area contributed by atoms with E-state index in [9.17, 15) is 0 Å². The molecule has 0 aliphatic rings. The van der Waals surface area contributed by atoms with Gasteiger partial charge in [-0.3, -0.25) is 0 Å². The Kier molecular flexibility index (Phi) is 3.74. The zero-order chi connectivity index (χ0) is 11.5. The summed E-state index contributed by atoms with van der Waals surface area (Å²) < 4.78 is 0. The standard InChI is InChI=1S/C12H16N2S2/c1-3-9(13)6-11-14-10(7-16-11)12-8(2)4-5-15-12/h4-5,7,9H,3,6,13H2,1-2H3. The lowest BCUT2D eigenvalue weighted by atomic mass is 10.2. The second kappa shape index (κ2) is 5.08. The number of thiazole rings is 1. The maximum atomic E-state index is 5.93. The normalized spacial score (nSPS) is 12.9. The summed E-state index contributed by atoms with van der Waals surface area (Å²) in [6.45, 7) is 4.24. The second-order valence-electron chi connectivity index (χ2n) is 3.93. The van der Waals surface area contributed by atoms with Gasteiger partial charge >= 0.3 is 0 Å². The fourth-order valence-corrected chi connectivity index (χ4v) is 3.35. The Morgan fingerprint density at radius 3 is 2.88 bits per heavy atom. The van der Waals surface area contributed by atoms with Crippen molar-refractivity contribution in [2.24, 2.45) is 5.73 Å². The van der Waals surface area contributed by atoms with Crippen molar-refractivity contribution in [3.05, 3.63) is 27.4 Å². The molecule has 0 radical (unpaired) electrons. The molecule has 0 saturated carbocycles. The monoisotopic (exact) mass is 252 g/mol. The minimum Gasteiger partial charge on any atom is -0.327 e. The first-order valence-corrected chi connectivity index (χ1v) is 7.21. The number of nitrogens with zero attached hydrogens (tertiary/aromatic N) is 1. The fourth-order valence-electron chi connectivity index (χ4n) is 1.51. The first kappa shape index (κ1) is 11.8. The highest BCUT2D eigenvalue weighted by Crippen LogP contribution is 2.30. The van der Waals surface area contributed by atoms with E-state index in [0.717, 1.165) is 23.5 Å². The average molecular weight is 252 g/mol. The lowest BCUT2D eigenvalue weighted by molar-refractivity contribution is 0.644. The Labute approximate surface area is 104 Å². The lowest BCUT2D eigenvalue weighted by Crippen LogP contribution is -2.21. The van der Waals surface area contributed by atoms with Gasteiger partial charge in [-0.2, -0.15) is 0 Å². The third kappa shape index (κ3) is 2.51. The van der Waals surface area contributed by atoms with Crippen molar-refractivity contribution >= 4 is 22.7 Å². The molecule has 0 amide bonds. The number of hydrogen-bond donors (Lipinski definition) is 1. The molecule has 16 heavy (non-hydrogen) atoms. The summed E-state index contributed by atoms with van der Waals surface area (Å²) in [5.41, 5.74) is 8.35. The highest BCUT2D eigenvalue weighted by Gasteiger charge is 2.10. The van der Waals surface area contributed by atoms with Crippen LogP contribution in [-0.4, -0.2) is 11.0 Å². The van der Waals surface area contributed by atoms with E-state index in [0.29, 0.717) is 0 Å². The van der Waals surface area contributed by atoms with Gasteiger partial charge in [-0.25, -0.2) is 4.98 Å². The summed E-state index contributed by atoms with van der Waals surface area (Å²) in [7, 11) is 0. The first-order chi connectivity index (χ1) is 7.70. The quantitative estimate of drug-likeness (QED) is 0.905. The molecule has 0 aliphatic heterocycles. The van der Waals surface area contributed by atoms with E-state index < -0.39 is 0 Å². The van der Waals surface area contributed by atoms with Gasteiger partial charge in [-0.1, -0.05) is 6.92 Å². The first-order valence-electron chi connectivity index (χ1n) is 5.45. The van der Waals surface area contributed by atoms with E-state index in [-0.39, 0.29) is 6.04 Å². The second-order valence-corrected chi connectivity index (χ2v) is 5.79. The van der Waals surface area contributed by atoms with E-state index in [1.165, 1.54) is 10.4 Å². The molecule has 2 rings (SSSR count). The summed E-state index contributed by atoms with van der Waals surface area (Å²) in [6.07, 6.45) is 1.90. The predicted octanol–water partition coefficient (Wildman–Crippen LogP) is 3.46. The summed E-state index contributed by atoms with van der Waals surface area (Å²) in [4.78, 5) is 5.94. The van der Waals surface area contributed by atoms with Gasteiger partial charge in [-0.05, 0) is 30.4 Å². The smallest absolute Gasteiger partial charge is 0.0948 e. The van der Waals surface area contributed by atoms with Crippen LogP contribution in [0.1, 0.15) is 23.9 Å². The largest absolute Gasteiger partial charge is 0.327 e. The van der Waals surface area contributed by atoms with Gasteiger partial charge in [0.05, 0.1) is 15.6 Å². The van der Waals surface area contributed by atoms with Crippen LogP contribution in [0.15, 0.2) is 16.8 Å². The Morgan fingerprint density at radius 1 is 1.44 bits per heavy atom. The molecule has 2 heterocycles. The molecule has 86 valence electrons. The highest BCUT2D eigenvalue weighted by atomic mass is 32.1. The maximum Gasteiger partial charge on any atom is 0.0948 e. The molecule has 0 saturated heterocycles. The van der Waals surface area contributed by atoms with Crippen molar-refractivity contribution in [1.82, 2.24) is 4.98 Å². The third-order valence-electron chi connectivity index (χ3n) is 2.61. The molecule has 0 aliphatic carbocycles. The van der Waals surface area contributed by atoms with Crippen molar-refractivity contribution < 1.29 is 0 Å². The molecule has 0 bridgehead atoms. The molecule has 0 fully saturated rings. The molecule has 2 N–H and O–H groups in total. The maximum absolute atomic E-state index is 5.93. The van der Waals surface area contributed by atoms with Crippen molar-refractivity contribution in [3.8, 4) is 10.6 Å². The van der Waals surface area contributed by atoms with Crippen LogP contribution < -0.4 is 5.73 Å². The van der Waals surface area contributed by atoms with Crippen LogP contribution >= 0.6 is 22.7 Å². The van der Waals surface area contributed by atoms with Crippen LogP contribution in [-0.2, 0) is 6.42 Å². The van der Waals surface area contributed by atoms with E-state index in [2.05, 4.69) is 35.7 Å². The SMILES string of the molecule is CCC(N)Cc1nc(-c2sccc2C)cs1. The van der Waals surface area contributed by atoms with E-state index >= 15 is 0 Å². The number of aryl methyl sites for hydroxylation is 1. The molecule has 1 atom stereocenters. The zero-order valence-electron chi connectivity index (χ0n) is 9.56. The molecule has 0 spiro atoms. The molecule has 2 nitrogen and oxygen atoms in total. The molecule has 1 unspecified atom stereocenters. The lowest BCUT2D eigenvalue weighted by Gasteiger charge is -2.04. The minimum atomic E-state index is 0.239. The van der Waals surface area contributed by atoms with E-state index in [4.69, 9.17) is 5.73 Å². The van der Waals surface area contributed by atoms with Crippen LogP contribution in [0.2, 0.25) is 0 Å². The van der Waals surface area contributed by atoms with E-state index in [1.807, 2.05) is 0 Å². The van der Waals surface area contributed by atoms with Gasteiger partial charge in [0, 0.05) is 17.8 Å². The Morgan fingerprint density at radius 2 is 2.25 bits per heavy atom. The Hall–Kier alpha value is -0.710. The summed E-state index contributed by atoms with van der Waals surface area (Å²) >= 11 is 3.47. The predicted molar refractivity (Wildman–Crippen MR) is 72.1 cm³/mol. The van der Waals surface area contributed by atoms with Gasteiger partial charge in [0.25, 0.3) is 0 Å². The van der Waals surface area contributed by atoms with Crippen molar-refractivity contribution in [2.45, 2.75) is 32.7 Å². The van der Waals surface area contributed by atoms with Crippen LogP contribution in [0.4, 0.5) is 0 Å². The number of hydrogen-bond acceptors (Lipinski definition) is 4. The topological polar surface area (TPSA) is 38.9 Å². The number of aromatic nitrogens is 1. The van der Waals surface area contributed by atoms with Crippen LogP contribution in [0.25, 0.3) is 10.6 Å². The molecule has 2 aromatic rings. The van der Waals surface area contributed by atoms with Crippen molar-refractivity contribution in [2.75, 3.05) is 0 Å². The van der Waals surface area contributed by atoms with Gasteiger partial charge in [0.15, 0.2) is 0 Å². The fraction of sp³-hybridized carbons (Fsp3) is 0.417. The molecule has 2 aromatic heterocycles. The Balaban J connectivity index is 2.17. The van der Waals surface area contributed by atoms with Crippen LogP contribution in [0.5, 0.6) is 0 Å². The van der Waals surface area contributed by atoms with Gasteiger partial charge in [0.2, 0.25) is 0 Å². The van der Waals surface area contributed by atoms with Crippen molar-refractivity contribution in [3.63, 3.8) is 0 Å². The Bertz CT molecular complexity index is 459. The molecule has 0 aromatic carbocycles. The number of thiophene rings is 1. The van der Waals surface area contributed by atoms with Gasteiger partial charge in [0.1, 0.15) is 0 Å². The van der Waals surface area contributed by atoms with Gasteiger partial charge in [-0.15, -0.1) is 22.7 Å². The van der Waals surface area contributed by atoms with Gasteiger partial charge < -0.3 is 5.73 Å². The summed E-state index contributed by atoms with van der Waals surface area (Å²) in [6, 6.07) is 2.38. The molecule has 4 heteroatoms. The van der Waals surface area contributed by atoms with E-state index in [1.54, 1.807) is 22.7 Å². The molecular weight excluding hydrogens is 236 g/mol. The highest BCUT2D eigenvalue weighted by molar-refractivity contribution is 7.14. The zero-order valence-corrected chi connectivity index (χ0v) is 11.2. The third-order valence-corrected chi connectivity index (χ3v) is 4.52. The summed E-state index contributed by atoms with van der Waals surface area (Å²) in [5, 5.41) is 5.40. The molecular formula is C12H16N2S2.